The van der Waals surface area contributed by atoms with Crippen molar-refractivity contribution < 1.29 is 27.5 Å². The molecule has 4 aromatic carbocycles. The molecule has 0 saturated carbocycles. The van der Waals surface area contributed by atoms with Crippen molar-refractivity contribution in [1.29, 1.82) is 0 Å². The fourth-order valence-corrected chi connectivity index (χ4v) is 7.67. The van der Waals surface area contributed by atoms with Crippen LogP contribution in [-0.2, 0) is 0 Å². The first-order valence-corrected chi connectivity index (χ1v) is 24.5. The predicted octanol–water partition coefficient (Wildman–Crippen LogP) is 15.1. The van der Waals surface area contributed by atoms with E-state index >= 15 is 0 Å². The second kappa shape index (κ2) is 26.0. The third-order valence-electron chi connectivity index (χ3n) is 11.6. The maximum Gasteiger partial charge on any atom is 0.248 e. The van der Waals surface area contributed by atoms with Gasteiger partial charge in [0.15, 0.2) is 0 Å². The van der Waals surface area contributed by atoms with Gasteiger partial charge < -0.3 is 27.5 Å². The van der Waals surface area contributed by atoms with Crippen LogP contribution >= 0.6 is 0 Å². The van der Waals surface area contributed by atoms with Crippen molar-refractivity contribution in [2.45, 2.75) is 136 Å². The molecule has 0 N–H and O–H groups in total. The van der Waals surface area contributed by atoms with E-state index in [2.05, 4.69) is 51.4 Å². The zero-order valence-electron chi connectivity index (χ0n) is 39.1. The summed E-state index contributed by atoms with van der Waals surface area (Å²) in [5.74, 6) is 4.43. The number of benzene rings is 4. The van der Waals surface area contributed by atoms with Gasteiger partial charge in [-0.05, 0) is 110 Å². The SMILES string of the molecule is CCCCCCCCOc1ccc(-c2nnc(-c3cc(-c4nnc(-c5ccc(OCCCCCCCC)cc5)o4)cc(-c4nnc(-c5ccc(OCCCCCCCC)cc5)o4)c3)o2)cc1. The Morgan fingerprint density at radius 3 is 0.773 bits per heavy atom. The van der Waals surface area contributed by atoms with Gasteiger partial charge in [-0.25, -0.2) is 0 Å². The Kier molecular flexibility index (Phi) is 18.8. The Labute approximate surface area is 389 Å². The van der Waals surface area contributed by atoms with Gasteiger partial charge in [0, 0.05) is 33.4 Å². The van der Waals surface area contributed by atoms with Crippen LogP contribution in [0.3, 0.4) is 0 Å². The quantitative estimate of drug-likeness (QED) is 0.0396. The largest absolute Gasteiger partial charge is 0.494 e. The van der Waals surface area contributed by atoms with Crippen molar-refractivity contribution in [2.24, 2.45) is 0 Å². The first-order valence-electron chi connectivity index (χ1n) is 24.5. The normalized spacial score (nSPS) is 11.3. The highest BCUT2D eigenvalue weighted by atomic mass is 16.5. The Hall–Kier alpha value is -6.30. The molecule has 0 radical (unpaired) electrons. The summed E-state index contributed by atoms with van der Waals surface area (Å²) in [6.45, 7) is 8.78. The minimum absolute atomic E-state index is 0.295. The number of hydrogen-bond acceptors (Lipinski definition) is 12. The fraction of sp³-hybridized carbons (Fsp3) is 0.444. The number of hydrogen-bond donors (Lipinski definition) is 0. The first-order chi connectivity index (χ1) is 32.6. The van der Waals surface area contributed by atoms with Crippen molar-refractivity contribution in [3.05, 3.63) is 91.0 Å². The Bertz CT molecular complexity index is 2160. The molecule has 12 nitrogen and oxygen atoms in total. The van der Waals surface area contributed by atoms with Crippen molar-refractivity contribution in [2.75, 3.05) is 19.8 Å². The average Bonchev–Trinajstić information content (AvgIpc) is 4.17. The maximum atomic E-state index is 6.29. The summed E-state index contributed by atoms with van der Waals surface area (Å²) < 4.78 is 36.9. The molecule has 0 aliphatic carbocycles. The molecule has 0 aliphatic heterocycles. The minimum atomic E-state index is 0.295. The third-order valence-corrected chi connectivity index (χ3v) is 11.6. The minimum Gasteiger partial charge on any atom is -0.494 e. The van der Waals surface area contributed by atoms with E-state index in [0.29, 0.717) is 71.9 Å². The molecule has 0 amide bonds. The monoisotopic (exact) mass is 895 g/mol. The molecular formula is C54H66N6O6. The Morgan fingerprint density at radius 2 is 0.515 bits per heavy atom. The van der Waals surface area contributed by atoms with Gasteiger partial charge in [-0.15, -0.1) is 30.6 Å². The summed E-state index contributed by atoms with van der Waals surface area (Å²) in [4.78, 5) is 0. The van der Waals surface area contributed by atoms with Gasteiger partial charge in [-0.3, -0.25) is 0 Å². The Balaban J connectivity index is 1.06. The molecule has 7 rings (SSSR count). The van der Waals surface area contributed by atoms with E-state index in [4.69, 9.17) is 27.5 Å². The van der Waals surface area contributed by atoms with Gasteiger partial charge in [-0.2, -0.15) is 0 Å². The van der Waals surface area contributed by atoms with Crippen LogP contribution in [0.5, 0.6) is 17.2 Å². The second-order valence-corrected chi connectivity index (χ2v) is 17.0. The van der Waals surface area contributed by atoms with E-state index in [-0.39, 0.29) is 0 Å². The van der Waals surface area contributed by atoms with E-state index in [1.54, 1.807) is 0 Å². The van der Waals surface area contributed by atoms with Gasteiger partial charge in [0.1, 0.15) is 17.2 Å². The standard InChI is InChI=1S/C54H66N6O6/c1-4-7-10-13-16-19-34-61-46-28-22-40(23-29-46)49-55-58-52(64-49)43-37-44(53-59-56-50(65-53)41-24-30-47(31-25-41)62-35-20-17-14-11-8-5-2)39-45(38-43)54-60-57-51(66-54)42-26-32-48(33-27-42)63-36-21-18-15-12-9-6-3/h22-33,37-39H,4-21,34-36H2,1-3H3. The molecular weight excluding hydrogens is 829 g/mol. The molecule has 0 spiro atoms. The van der Waals surface area contributed by atoms with Gasteiger partial charge in [0.05, 0.1) is 19.8 Å². The highest BCUT2D eigenvalue weighted by Crippen LogP contribution is 2.35. The van der Waals surface area contributed by atoms with Crippen LogP contribution in [0.1, 0.15) is 136 Å². The van der Waals surface area contributed by atoms with E-state index in [1.165, 1.54) is 96.3 Å². The van der Waals surface area contributed by atoms with Gasteiger partial charge >= 0.3 is 0 Å². The van der Waals surface area contributed by atoms with E-state index in [1.807, 2.05) is 91.0 Å². The van der Waals surface area contributed by atoms with Crippen LogP contribution in [0.4, 0.5) is 0 Å². The lowest BCUT2D eigenvalue weighted by molar-refractivity contribution is 0.304. The van der Waals surface area contributed by atoms with Gasteiger partial charge in [0.2, 0.25) is 35.3 Å². The smallest absolute Gasteiger partial charge is 0.248 e. The molecule has 0 atom stereocenters. The summed E-state index contributed by atoms with van der Waals surface area (Å²) in [5, 5.41) is 26.6. The fourth-order valence-electron chi connectivity index (χ4n) is 7.67. The second-order valence-electron chi connectivity index (χ2n) is 17.0. The Morgan fingerprint density at radius 1 is 0.288 bits per heavy atom. The van der Waals surface area contributed by atoms with Crippen molar-refractivity contribution >= 4 is 0 Å². The molecule has 0 aliphatic rings. The summed E-state index contributed by atoms with van der Waals surface area (Å²) in [6, 6.07) is 28.8. The third kappa shape index (κ3) is 14.3. The molecule has 0 saturated heterocycles. The zero-order chi connectivity index (χ0) is 45.6. The molecule has 348 valence electrons. The first kappa shape index (κ1) is 47.7. The van der Waals surface area contributed by atoms with Crippen molar-refractivity contribution in [3.63, 3.8) is 0 Å². The van der Waals surface area contributed by atoms with Crippen LogP contribution in [0, 0.1) is 0 Å². The van der Waals surface area contributed by atoms with Crippen LogP contribution < -0.4 is 14.2 Å². The molecule has 7 aromatic rings. The topological polar surface area (TPSA) is 144 Å². The van der Waals surface area contributed by atoms with E-state index < -0.39 is 0 Å². The predicted molar refractivity (Wildman–Crippen MR) is 259 cm³/mol. The van der Waals surface area contributed by atoms with Crippen LogP contribution in [0.25, 0.3) is 68.7 Å². The summed E-state index contributed by atoms with van der Waals surface area (Å²) in [5.41, 5.74) is 4.16. The van der Waals surface area contributed by atoms with E-state index in [0.717, 1.165) is 53.2 Å². The number of nitrogens with zero attached hydrogens (tertiary/aromatic N) is 6. The summed E-state index contributed by atoms with van der Waals surface area (Å²) in [6.07, 6.45) is 21.9. The molecule has 0 fully saturated rings. The summed E-state index contributed by atoms with van der Waals surface area (Å²) in [7, 11) is 0. The highest BCUT2D eigenvalue weighted by Gasteiger charge is 2.20. The molecule has 3 heterocycles. The van der Waals surface area contributed by atoms with Gasteiger partial charge in [-0.1, -0.05) is 117 Å². The zero-order valence-corrected chi connectivity index (χ0v) is 39.1. The lowest BCUT2D eigenvalue weighted by atomic mass is 10.1. The molecule has 12 heteroatoms. The highest BCUT2D eigenvalue weighted by molar-refractivity contribution is 5.74. The summed E-state index contributed by atoms with van der Waals surface area (Å²) >= 11 is 0. The number of unbranched alkanes of at least 4 members (excludes halogenated alkanes) is 15. The number of ether oxygens (including phenoxy) is 3. The van der Waals surface area contributed by atoms with Crippen LogP contribution in [-0.4, -0.2) is 50.4 Å². The maximum absolute atomic E-state index is 6.29. The number of aromatic nitrogens is 6. The lowest BCUT2D eigenvalue weighted by Crippen LogP contribution is -1.97. The lowest BCUT2D eigenvalue weighted by Gasteiger charge is -2.06. The van der Waals surface area contributed by atoms with Gasteiger partial charge in [0.25, 0.3) is 0 Å². The average molecular weight is 895 g/mol. The van der Waals surface area contributed by atoms with Crippen molar-refractivity contribution in [1.82, 2.24) is 30.6 Å². The number of rotatable bonds is 30. The van der Waals surface area contributed by atoms with Crippen molar-refractivity contribution in [3.8, 4) is 86.0 Å². The molecule has 3 aromatic heterocycles. The molecule has 0 bridgehead atoms. The van der Waals surface area contributed by atoms with E-state index in [9.17, 15) is 0 Å². The molecule has 66 heavy (non-hydrogen) atoms. The van der Waals surface area contributed by atoms with Crippen LogP contribution in [0.2, 0.25) is 0 Å². The molecule has 0 unspecified atom stereocenters. The van der Waals surface area contributed by atoms with Crippen LogP contribution in [0.15, 0.2) is 104 Å².